The van der Waals surface area contributed by atoms with Crippen molar-refractivity contribution in [3.05, 3.63) is 66.6 Å². The Morgan fingerprint density at radius 2 is 1.97 bits per heavy atom. The van der Waals surface area contributed by atoms with Crippen LogP contribution in [-0.4, -0.2) is 34.6 Å². The van der Waals surface area contributed by atoms with Crippen molar-refractivity contribution in [2.45, 2.75) is 26.9 Å². The second-order valence-electron chi connectivity index (χ2n) is 6.51. The molecule has 0 fully saturated rings. The number of carbonyl (C=O) groups excluding carboxylic acids is 1. The molecule has 0 aliphatic carbocycles. The fourth-order valence-electron chi connectivity index (χ4n) is 2.77. The predicted molar refractivity (Wildman–Crippen MR) is 125 cm³/mol. The van der Waals surface area contributed by atoms with Crippen LogP contribution in [0.5, 0.6) is 5.75 Å². The molecule has 3 rings (SSSR count). The molecule has 3 aromatic rings. The van der Waals surface area contributed by atoms with Gasteiger partial charge in [-0.15, -0.1) is 0 Å². The third-order valence-corrected chi connectivity index (χ3v) is 5.28. The van der Waals surface area contributed by atoms with Crippen molar-refractivity contribution >= 4 is 62.2 Å². The normalized spacial score (nSPS) is 12.3. The number of benzene rings is 2. The Labute approximate surface area is 196 Å². The van der Waals surface area contributed by atoms with Crippen LogP contribution in [0.1, 0.15) is 25.2 Å². The number of aromatic nitrogens is 2. The van der Waals surface area contributed by atoms with E-state index in [0.717, 1.165) is 4.47 Å². The maximum absolute atomic E-state index is 12.8. The van der Waals surface area contributed by atoms with Crippen LogP contribution >= 0.6 is 39.1 Å². The molecule has 0 bridgehead atoms. The first-order valence-corrected chi connectivity index (χ1v) is 10.8. The molecule has 0 aliphatic rings. The van der Waals surface area contributed by atoms with Gasteiger partial charge in [-0.05, 0) is 56.7 Å². The fourth-order valence-corrected chi connectivity index (χ4v) is 3.73. The SMILES string of the molecule is CCOC(=O)[C@H](C)Oc1c(Cl)cc(C=Nn2c(C)nc3ccc(Br)cc3c2=O)cc1Cl. The van der Waals surface area contributed by atoms with Gasteiger partial charge in [0.2, 0.25) is 0 Å². The topological polar surface area (TPSA) is 82.8 Å². The summed E-state index contributed by atoms with van der Waals surface area (Å²) in [6.07, 6.45) is 0.564. The van der Waals surface area contributed by atoms with E-state index in [-0.39, 0.29) is 28.0 Å². The van der Waals surface area contributed by atoms with Gasteiger partial charge in [0, 0.05) is 4.47 Å². The number of hydrogen-bond acceptors (Lipinski definition) is 6. The smallest absolute Gasteiger partial charge is 0.347 e. The maximum atomic E-state index is 12.8. The molecular weight excluding hydrogens is 509 g/mol. The molecule has 0 radical (unpaired) electrons. The van der Waals surface area contributed by atoms with E-state index in [1.807, 2.05) is 6.07 Å². The number of carbonyl (C=O) groups is 1. The largest absolute Gasteiger partial charge is 0.476 e. The molecule has 10 heteroatoms. The molecule has 31 heavy (non-hydrogen) atoms. The Kier molecular flexibility index (Phi) is 7.35. The Morgan fingerprint density at radius 3 is 2.61 bits per heavy atom. The molecule has 162 valence electrons. The fraction of sp³-hybridized carbons (Fsp3) is 0.238. The van der Waals surface area contributed by atoms with Gasteiger partial charge in [0.05, 0.1) is 33.8 Å². The molecule has 0 saturated heterocycles. The number of aryl methyl sites for hydroxylation is 1. The van der Waals surface area contributed by atoms with Crippen molar-refractivity contribution in [1.82, 2.24) is 9.66 Å². The van der Waals surface area contributed by atoms with Crippen LogP contribution in [0.25, 0.3) is 10.9 Å². The van der Waals surface area contributed by atoms with Crippen LogP contribution in [0.4, 0.5) is 0 Å². The Bertz CT molecular complexity index is 1220. The van der Waals surface area contributed by atoms with Crippen molar-refractivity contribution in [3.63, 3.8) is 0 Å². The number of ether oxygens (including phenoxy) is 2. The standard InChI is InChI=1S/C21H18BrCl2N3O4/c1-4-30-21(29)11(2)31-19-16(23)7-13(8-17(19)24)10-25-27-12(3)26-18-6-5-14(22)9-15(18)20(27)28/h5-11H,4H2,1-3H3/t11-/m0/s1. The highest BCUT2D eigenvalue weighted by atomic mass is 79.9. The van der Waals surface area contributed by atoms with E-state index in [1.54, 1.807) is 45.0 Å². The summed E-state index contributed by atoms with van der Waals surface area (Å²) in [6.45, 7) is 5.17. The van der Waals surface area contributed by atoms with Gasteiger partial charge in [0.1, 0.15) is 5.82 Å². The first-order valence-electron chi connectivity index (χ1n) is 9.26. The van der Waals surface area contributed by atoms with Gasteiger partial charge in [-0.1, -0.05) is 39.1 Å². The summed E-state index contributed by atoms with van der Waals surface area (Å²) in [7, 11) is 0. The number of hydrogen-bond donors (Lipinski definition) is 0. The summed E-state index contributed by atoms with van der Waals surface area (Å²) in [6, 6.07) is 8.40. The predicted octanol–water partition coefficient (Wildman–Crippen LogP) is 4.99. The molecule has 0 N–H and O–H groups in total. The molecule has 0 amide bonds. The number of esters is 1. The molecule has 0 aliphatic heterocycles. The van der Waals surface area contributed by atoms with Gasteiger partial charge in [-0.3, -0.25) is 4.79 Å². The number of rotatable bonds is 6. The van der Waals surface area contributed by atoms with Crippen LogP contribution in [0.2, 0.25) is 10.0 Å². The molecule has 0 unspecified atom stereocenters. The second kappa shape index (κ2) is 9.80. The van der Waals surface area contributed by atoms with Crippen LogP contribution in [-0.2, 0) is 9.53 Å². The van der Waals surface area contributed by atoms with E-state index in [0.29, 0.717) is 22.3 Å². The maximum Gasteiger partial charge on any atom is 0.347 e. The minimum atomic E-state index is -0.876. The van der Waals surface area contributed by atoms with E-state index < -0.39 is 12.1 Å². The lowest BCUT2D eigenvalue weighted by Crippen LogP contribution is -2.26. The lowest BCUT2D eigenvalue weighted by molar-refractivity contribution is -0.150. The van der Waals surface area contributed by atoms with E-state index in [9.17, 15) is 9.59 Å². The highest BCUT2D eigenvalue weighted by Crippen LogP contribution is 2.34. The van der Waals surface area contributed by atoms with Crippen molar-refractivity contribution in [1.29, 1.82) is 0 Å². The van der Waals surface area contributed by atoms with E-state index >= 15 is 0 Å². The van der Waals surface area contributed by atoms with Crippen molar-refractivity contribution in [2.75, 3.05) is 6.61 Å². The average Bonchev–Trinajstić information content (AvgIpc) is 2.71. The monoisotopic (exact) mass is 525 g/mol. The van der Waals surface area contributed by atoms with Gasteiger partial charge in [0.25, 0.3) is 5.56 Å². The Balaban J connectivity index is 1.92. The summed E-state index contributed by atoms with van der Waals surface area (Å²) < 4.78 is 12.4. The highest BCUT2D eigenvalue weighted by molar-refractivity contribution is 9.10. The van der Waals surface area contributed by atoms with Crippen molar-refractivity contribution in [3.8, 4) is 5.75 Å². The van der Waals surface area contributed by atoms with Crippen LogP contribution in [0.15, 0.2) is 44.7 Å². The number of halogens is 3. The zero-order valence-corrected chi connectivity index (χ0v) is 20.0. The zero-order chi connectivity index (χ0) is 22.7. The van der Waals surface area contributed by atoms with Gasteiger partial charge in [0.15, 0.2) is 11.9 Å². The van der Waals surface area contributed by atoms with Gasteiger partial charge >= 0.3 is 5.97 Å². The molecule has 0 spiro atoms. The Morgan fingerprint density at radius 1 is 1.29 bits per heavy atom. The molecule has 2 aromatic carbocycles. The second-order valence-corrected chi connectivity index (χ2v) is 8.24. The summed E-state index contributed by atoms with van der Waals surface area (Å²) in [5.74, 6) is 0.0636. The minimum absolute atomic E-state index is 0.159. The van der Waals surface area contributed by atoms with Crippen molar-refractivity contribution in [2.24, 2.45) is 5.10 Å². The third kappa shape index (κ3) is 5.26. The van der Waals surface area contributed by atoms with Crippen molar-refractivity contribution < 1.29 is 14.3 Å². The molecule has 1 atom stereocenters. The molecule has 1 aromatic heterocycles. The molecule has 7 nitrogen and oxygen atoms in total. The summed E-state index contributed by atoms with van der Waals surface area (Å²) in [4.78, 5) is 29.0. The first kappa shape index (κ1) is 23.2. The molecule has 1 heterocycles. The van der Waals surface area contributed by atoms with Gasteiger partial charge in [-0.2, -0.15) is 9.78 Å². The summed E-state index contributed by atoms with van der Waals surface area (Å²) in [5, 5.41) is 5.06. The van der Waals surface area contributed by atoms with Crippen LogP contribution < -0.4 is 10.3 Å². The zero-order valence-electron chi connectivity index (χ0n) is 16.9. The lowest BCUT2D eigenvalue weighted by Gasteiger charge is -2.16. The van der Waals surface area contributed by atoms with E-state index in [4.69, 9.17) is 32.7 Å². The molecular formula is C21H18BrCl2N3O4. The van der Waals surface area contributed by atoms with Gasteiger partial charge < -0.3 is 9.47 Å². The quantitative estimate of drug-likeness (QED) is 0.334. The first-order chi connectivity index (χ1) is 14.7. The lowest BCUT2D eigenvalue weighted by atomic mass is 10.2. The van der Waals surface area contributed by atoms with Gasteiger partial charge in [-0.25, -0.2) is 9.78 Å². The average molecular weight is 527 g/mol. The van der Waals surface area contributed by atoms with E-state index in [1.165, 1.54) is 10.9 Å². The Hall–Kier alpha value is -2.42. The van der Waals surface area contributed by atoms with Crippen LogP contribution in [0, 0.1) is 6.92 Å². The number of nitrogens with zero attached hydrogens (tertiary/aromatic N) is 3. The van der Waals surface area contributed by atoms with Crippen LogP contribution in [0.3, 0.4) is 0 Å². The highest BCUT2D eigenvalue weighted by Gasteiger charge is 2.19. The number of fused-ring (bicyclic) bond motifs is 1. The third-order valence-electron chi connectivity index (χ3n) is 4.23. The minimum Gasteiger partial charge on any atom is -0.476 e. The molecule has 0 saturated carbocycles. The van der Waals surface area contributed by atoms with E-state index in [2.05, 4.69) is 26.0 Å². The summed E-state index contributed by atoms with van der Waals surface area (Å²) >= 11 is 15.9. The summed E-state index contributed by atoms with van der Waals surface area (Å²) in [5.41, 5.74) is 0.813.